The number of rotatable bonds is 0. The Morgan fingerprint density at radius 3 is 2.31 bits per heavy atom. The van der Waals surface area contributed by atoms with Gasteiger partial charge >= 0.3 is 0 Å². The number of aryl methyl sites for hydroxylation is 3. The van der Waals surface area contributed by atoms with Gasteiger partial charge in [-0.15, -0.1) is 0 Å². The molecule has 4 nitrogen and oxygen atoms in total. The fraction of sp³-hybridized carbons (Fsp3) is 0.444. The van der Waals surface area contributed by atoms with Crippen LogP contribution in [0.2, 0.25) is 0 Å². The van der Waals surface area contributed by atoms with Crippen molar-refractivity contribution in [1.82, 2.24) is 13.9 Å². The molecule has 4 heteroatoms. The summed E-state index contributed by atoms with van der Waals surface area (Å²) in [5.74, 6) is 0. The van der Waals surface area contributed by atoms with Crippen molar-refractivity contribution in [2.45, 2.75) is 6.92 Å². The molecule has 0 saturated heterocycles. The minimum atomic E-state index is 0.0631. The van der Waals surface area contributed by atoms with Crippen LogP contribution in [0.1, 0.15) is 5.69 Å². The zero-order valence-corrected chi connectivity index (χ0v) is 8.33. The molecule has 0 aliphatic rings. The van der Waals surface area contributed by atoms with E-state index in [4.69, 9.17) is 0 Å². The van der Waals surface area contributed by atoms with Gasteiger partial charge in [0.25, 0.3) is 5.56 Å². The Balaban J connectivity index is 3.10. The summed E-state index contributed by atoms with van der Waals surface area (Å²) in [7, 11) is 5.58. The zero-order chi connectivity index (χ0) is 9.75. The van der Waals surface area contributed by atoms with Crippen LogP contribution in [0.4, 0.5) is 0 Å². The van der Waals surface area contributed by atoms with Gasteiger partial charge < -0.3 is 4.57 Å². The van der Waals surface area contributed by atoms with E-state index in [1.807, 2.05) is 36.3 Å². The molecule has 0 aliphatic carbocycles. The smallest absolute Gasteiger partial charge is 0.290 e. The molecule has 0 spiro atoms. The molecule has 0 unspecified atom stereocenters. The fourth-order valence-corrected chi connectivity index (χ4v) is 1.66. The highest BCUT2D eigenvalue weighted by Crippen LogP contribution is 2.13. The van der Waals surface area contributed by atoms with Gasteiger partial charge in [-0.2, -0.15) is 0 Å². The van der Waals surface area contributed by atoms with Gasteiger partial charge in [0.05, 0.1) is 5.52 Å². The predicted octanol–water partition coefficient (Wildman–Crippen LogP) is 0.524. The first kappa shape index (κ1) is 8.16. The molecule has 0 saturated carbocycles. The SMILES string of the molecule is Cc1cc2c(c(=O)n(C)n2C)n1C. The summed E-state index contributed by atoms with van der Waals surface area (Å²) in [4.78, 5) is 11.7. The van der Waals surface area contributed by atoms with Gasteiger partial charge in [-0.1, -0.05) is 0 Å². The predicted molar refractivity (Wildman–Crippen MR) is 51.9 cm³/mol. The van der Waals surface area contributed by atoms with Crippen LogP contribution >= 0.6 is 0 Å². The van der Waals surface area contributed by atoms with Gasteiger partial charge in [0.2, 0.25) is 0 Å². The van der Waals surface area contributed by atoms with Crippen molar-refractivity contribution >= 4 is 11.0 Å². The Hall–Kier alpha value is -1.45. The summed E-state index contributed by atoms with van der Waals surface area (Å²) in [5, 5.41) is 0. The van der Waals surface area contributed by atoms with Crippen LogP contribution < -0.4 is 5.56 Å². The van der Waals surface area contributed by atoms with Gasteiger partial charge in [-0.25, -0.2) is 0 Å². The lowest BCUT2D eigenvalue weighted by Gasteiger charge is -1.98. The number of hydrogen-bond donors (Lipinski definition) is 0. The van der Waals surface area contributed by atoms with E-state index in [2.05, 4.69) is 0 Å². The normalized spacial score (nSPS) is 11.4. The monoisotopic (exact) mass is 179 g/mol. The van der Waals surface area contributed by atoms with E-state index in [0.717, 1.165) is 16.7 Å². The molecule has 0 amide bonds. The lowest BCUT2D eigenvalue weighted by atomic mass is 10.4. The average molecular weight is 179 g/mol. The summed E-state index contributed by atoms with van der Waals surface area (Å²) in [5.41, 5.74) is 2.95. The van der Waals surface area contributed by atoms with Crippen molar-refractivity contribution in [3.63, 3.8) is 0 Å². The Kier molecular flexibility index (Phi) is 1.43. The highest BCUT2D eigenvalue weighted by atomic mass is 16.1. The molecule has 0 radical (unpaired) electrons. The molecule has 0 N–H and O–H groups in total. The number of hydrogen-bond acceptors (Lipinski definition) is 1. The summed E-state index contributed by atoms with van der Waals surface area (Å²) >= 11 is 0. The number of fused-ring (bicyclic) bond motifs is 1. The molecular weight excluding hydrogens is 166 g/mol. The molecule has 70 valence electrons. The highest BCUT2D eigenvalue weighted by molar-refractivity contribution is 5.77. The molecule has 0 bridgehead atoms. The number of aromatic nitrogens is 3. The van der Waals surface area contributed by atoms with E-state index in [0.29, 0.717) is 0 Å². The first-order valence-electron chi connectivity index (χ1n) is 4.22. The van der Waals surface area contributed by atoms with Crippen LogP contribution in [0.3, 0.4) is 0 Å². The molecule has 0 atom stereocenters. The van der Waals surface area contributed by atoms with Gasteiger partial charge in [-0.05, 0) is 13.0 Å². The van der Waals surface area contributed by atoms with E-state index < -0.39 is 0 Å². The van der Waals surface area contributed by atoms with Crippen molar-refractivity contribution in [3.8, 4) is 0 Å². The van der Waals surface area contributed by atoms with Gasteiger partial charge in [-0.3, -0.25) is 14.2 Å². The first-order valence-corrected chi connectivity index (χ1v) is 4.22. The Labute approximate surface area is 76.0 Å². The molecule has 0 aromatic carbocycles. The van der Waals surface area contributed by atoms with E-state index in [1.165, 1.54) is 0 Å². The van der Waals surface area contributed by atoms with Crippen LogP contribution in [-0.2, 0) is 21.1 Å². The summed E-state index contributed by atoms with van der Waals surface area (Å²) in [6.45, 7) is 2.00. The van der Waals surface area contributed by atoms with Gasteiger partial charge in [0, 0.05) is 26.8 Å². The number of nitrogens with zero attached hydrogens (tertiary/aromatic N) is 3. The summed E-state index contributed by atoms with van der Waals surface area (Å²) in [6, 6.07) is 2.02. The summed E-state index contributed by atoms with van der Waals surface area (Å²) < 4.78 is 5.41. The van der Waals surface area contributed by atoms with E-state index >= 15 is 0 Å². The lowest BCUT2D eigenvalue weighted by Crippen LogP contribution is -2.18. The second kappa shape index (κ2) is 2.28. The molecule has 2 aromatic rings. The van der Waals surface area contributed by atoms with Crippen molar-refractivity contribution in [1.29, 1.82) is 0 Å². The topological polar surface area (TPSA) is 31.9 Å². The van der Waals surface area contributed by atoms with E-state index in [-0.39, 0.29) is 5.56 Å². The van der Waals surface area contributed by atoms with Gasteiger partial charge in [0.1, 0.15) is 5.52 Å². The van der Waals surface area contributed by atoms with Gasteiger partial charge in [0.15, 0.2) is 0 Å². The van der Waals surface area contributed by atoms with Crippen LogP contribution in [0.25, 0.3) is 11.0 Å². The molecule has 2 heterocycles. The Bertz CT molecular complexity index is 527. The minimum Gasteiger partial charge on any atom is -0.342 e. The maximum Gasteiger partial charge on any atom is 0.290 e. The van der Waals surface area contributed by atoms with Crippen LogP contribution in [0, 0.1) is 6.92 Å². The molecule has 0 aliphatic heterocycles. The maximum atomic E-state index is 11.7. The van der Waals surface area contributed by atoms with Crippen LogP contribution in [-0.4, -0.2) is 13.9 Å². The molecule has 2 aromatic heterocycles. The Morgan fingerprint density at radius 2 is 1.77 bits per heavy atom. The molecule has 0 fully saturated rings. The Morgan fingerprint density at radius 1 is 1.15 bits per heavy atom. The van der Waals surface area contributed by atoms with E-state index in [1.54, 1.807) is 11.7 Å². The molecule has 2 rings (SSSR count). The average Bonchev–Trinajstić information content (AvgIpc) is 2.48. The second-order valence-electron chi connectivity index (χ2n) is 3.43. The molecule has 13 heavy (non-hydrogen) atoms. The quantitative estimate of drug-likeness (QED) is 0.580. The summed E-state index contributed by atoms with van der Waals surface area (Å²) in [6.07, 6.45) is 0. The minimum absolute atomic E-state index is 0.0631. The van der Waals surface area contributed by atoms with Crippen LogP contribution in [0.5, 0.6) is 0 Å². The molecular formula is C9H13N3O. The largest absolute Gasteiger partial charge is 0.342 e. The zero-order valence-electron chi connectivity index (χ0n) is 8.33. The van der Waals surface area contributed by atoms with Crippen molar-refractivity contribution in [2.75, 3.05) is 0 Å². The van der Waals surface area contributed by atoms with E-state index in [9.17, 15) is 4.79 Å². The third kappa shape index (κ3) is 0.826. The maximum absolute atomic E-state index is 11.7. The van der Waals surface area contributed by atoms with Crippen molar-refractivity contribution in [3.05, 3.63) is 22.1 Å². The fourth-order valence-electron chi connectivity index (χ4n) is 1.66. The highest BCUT2D eigenvalue weighted by Gasteiger charge is 2.12. The van der Waals surface area contributed by atoms with Crippen LogP contribution in [0.15, 0.2) is 10.9 Å². The second-order valence-corrected chi connectivity index (χ2v) is 3.43. The van der Waals surface area contributed by atoms with Crippen molar-refractivity contribution in [2.24, 2.45) is 21.1 Å². The van der Waals surface area contributed by atoms with Crippen molar-refractivity contribution < 1.29 is 0 Å². The third-order valence-electron chi connectivity index (χ3n) is 2.75. The standard InChI is InChI=1S/C9H13N3O/c1-6-5-7-8(10(6)2)9(13)12(4)11(7)3/h5H,1-4H3. The lowest BCUT2D eigenvalue weighted by molar-refractivity contribution is 0.594. The third-order valence-corrected chi connectivity index (χ3v) is 2.75. The first-order chi connectivity index (χ1) is 6.04.